The minimum Gasteiger partial charge on any atom is -0.320 e. The van der Waals surface area contributed by atoms with Crippen molar-refractivity contribution in [1.82, 2.24) is 10.2 Å². The van der Waals surface area contributed by atoms with Crippen LogP contribution >= 0.6 is 0 Å². The fraction of sp³-hybridized carbons (Fsp3) is 0.385. The summed E-state index contributed by atoms with van der Waals surface area (Å²) in [4.78, 5) is 13.5. The van der Waals surface area contributed by atoms with Gasteiger partial charge in [0.05, 0.1) is 12.6 Å². The van der Waals surface area contributed by atoms with Crippen LogP contribution in [-0.4, -0.2) is 43.0 Å². The number of para-hydroxylation sites is 1. The highest BCUT2D eigenvalue weighted by atomic mass is 19.1. The van der Waals surface area contributed by atoms with Crippen molar-refractivity contribution >= 4 is 11.6 Å². The summed E-state index contributed by atoms with van der Waals surface area (Å²) >= 11 is 0. The first kappa shape index (κ1) is 14.4. The van der Waals surface area contributed by atoms with Gasteiger partial charge in [0.25, 0.3) is 0 Å². The summed E-state index contributed by atoms with van der Waals surface area (Å²) in [6.07, 6.45) is 0. The smallest absolute Gasteiger partial charge is 0.238 e. The minimum atomic E-state index is -0.824. The molecule has 0 radical (unpaired) electrons. The second-order valence-corrected chi connectivity index (χ2v) is 4.46. The summed E-state index contributed by atoms with van der Waals surface area (Å²) in [6, 6.07) is 5.03. The van der Waals surface area contributed by atoms with E-state index in [1.54, 1.807) is 4.90 Å². The molecule has 0 spiro atoms. The fourth-order valence-electron chi connectivity index (χ4n) is 2.04. The maximum absolute atomic E-state index is 13.4. The Morgan fingerprint density at radius 2 is 2.20 bits per heavy atom. The molecule has 0 bridgehead atoms. The summed E-state index contributed by atoms with van der Waals surface area (Å²) in [7, 11) is 0. The number of benzene rings is 1. The van der Waals surface area contributed by atoms with Gasteiger partial charge in [0.1, 0.15) is 23.4 Å². The van der Waals surface area contributed by atoms with Gasteiger partial charge in [-0.3, -0.25) is 9.69 Å². The molecule has 1 fully saturated rings. The largest absolute Gasteiger partial charge is 0.320 e. The van der Waals surface area contributed by atoms with Crippen LogP contribution in [0.2, 0.25) is 0 Å². The third-order valence-electron chi connectivity index (χ3n) is 3.08. The van der Waals surface area contributed by atoms with Crippen LogP contribution < -0.4 is 10.6 Å². The molecule has 0 aromatic heterocycles. The van der Waals surface area contributed by atoms with Crippen LogP contribution in [0.5, 0.6) is 0 Å². The van der Waals surface area contributed by atoms with Crippen molar-refractivity contribution in [3.8, 4) is 6.07 Å². The first-order valence-corrected chi connectivity index (χ1v) is 6.20. The second-order valence-electron chi connectivity index (χ2n) is 4.46. The van der Waals surface area contributed by atoms with E-state index >= 15 is 0 Å². The van der Waals surface area contributed by atoms with Crippen LogP contribution in [0, 0.1) is 23.0 Å². The van der Waals surface area contributed by atoms with E-state index in [0.717, 1.165) is 12.1 Å². The molecule has 1 saturated heterocycles. The molecule has 106 valence electrons. The number of anilines is 1. The lowest BCUT2D eigenvalue weighted by molar-refractivity contribution is -0.117. The molecule has 2 rings (SSSR count). The number of carbonyl (C=O) groups is 1. The molecular formula is C13H14F2N4O. The van der Waals surface area contributed by atoms with Crippen molar-refractivity contribution in [1.29, 1.82) is 5.26 Å². The van der Waals surface area contributed by atoms with Crippen molar-refractivity contribution in [3.05, 3.63) is 29.8 Å². The molecule has 7 heteroatoms. The standard InChI is InChI=1S/C13H14F2N4O/c14-10-2-1-3-11(15)13(10)18-12(20)8-19-5-4-17-7-9(19)6-16/h1-3,9,17H,4-5,7-8H2,(H,18,20). The zero-order chi connectivity index (χ0) is 14.5. The molecule has 1 amide bonds. The monoisotopic (exact) mass is 280 g/mol. The van der Waals surface area contributed by atoms with Crippen LogP contribution in [0.4, 0.5) is 14.5 Å². The van der Waals surface area contributed by atoms with Crippen molar-refractivity contribution < 1.29 is 13.6 Å². The first-order chi connectivity index (χ1) is 9.61. The number of nitrogens with zero attached hydrogens (tertiary/aromatic N) is 2. The number of amides is 1. The normalized spacial score (nSPS) is 19.4. The number of nitrogens with one attached hydrogen (secondary N) is 2. The van der Waals surface area contributed by atoms with Crippen molar-refractivity contribution in [2.45, 2.75) is 6.04 Å². The SMILES string of the molecule is N#CC1CNCCN1CC(=O)Nc1c(F)cccc1F. The predicted molar refractivity (Wildman–Crippen MR) is 68.8 cm³/mol. The molecule has 5 nitrogen and oxygen atoms in total. The van der Waals surface area contributed by atoms with Crippen LogP contribution in [0.3, 0.4) is 0 Å². The van der Waals surface area contributed by atoms with Gasteiger partial charge in [0, 0.05) is 19.6 Å². The van der Waals surface area contributed by atoms with E-state index in [1.165, 1.54) is 6.07 Å². The van der Waals surface area contributed by atoms with E-state index < -0.39 is 29.3 Å². The molecule has 1 aromatic carbocycles. The van der Waals surface area contributed by atoms with Crippen LogP contribution in [-0.2, 0) is 4.79 Å². The van der Waals surface area contributed by atoms with Crippen molar-refractivity contribution in [2.75, 3.05) is 31.5 Å². The van der Waals surface area contributed by atoms with Gasteiger partial charge in [-0.05, 0) is 12.1 Å². The van der Waals surface area contributed by atoms with Gasteiger partial charge in [0.15, 0.2) is 0 Å². The number of carbonyl (C=O) groups excluding carboxylic acids is 1. The Morgan fingerprint density at radius 1 is 1.50 bits per heavy atom. The van der Waals surface area contributed by atoms with Crippen LogP contribution in [0.15, 0.2) is 18.2 Å². The van der Waals surface area contributed by atoms with Gasteiger partial charge < -0.3 is 10.6 Å². The molecule has 0 aliphatic carbocycles. The highest BCUT2D eigenvalue weighted by molar-refractivity contribution is 5.92. The third kappa shape index (κ3) is 3.29. The lowest BCUT2D eigenvalue weighted by atomic mass is 10.2. The zero-order valence-corrected chi connectivity index (χ0v) is 10.7. The topological polar surface area (TPSA) is 68.2 Å². The molecule has 1 atom stereocenters. The van der Waals surface area contributed by atoms with E-state index in [4.69, 9.17) is 5.26 Å². The number of halogens is 2. The summed E-state index contributed by atoms with van der Waals surface area (Å²) in [6.45, 7) is 1.59. The first-order valence-electron chi connectivity index (χ1n) is 6.20. The summed E-state index contributed by atoms with van der Waals surface area (Å²) in [5.41, 5.74) is -0.457. The van der Waals surface area contributed by atoms with E-state index in [-0.39, 0.29) is 6.54 Å². The average molecular weight is 280 g/mol. The Labute approximate surface area is 115 Å². The fourth-order valence-corrected chi connectivity index (χ4v) is 2.04. The number of piperazine rings is 1. The molecule has 2 N–H and O–H groups in total. The van der Waals surface area contributed by atoms with Gasteiger partial charge in [-0.1, -0.05) is 6.07 Å². The van der Waals surface area contributed by atoms with Crippen LogP contribution in [0.25, 0.3) is 0 Å². The predicted octanol–water partition coefficient (Wildman–Crippen LogP) is 0.701. The van der Waals surface area contributed by atoms with Gasteiger partial charge in [0.2, 0.25) is 5.91 Å². The molecule has 1 aliphatic rings. The highest BCUT2D eigenvalue weighted by Crippen LogP contribution is 2.18. The molecule has 1 unspecified atom stereocenters. The second kappa shape index (κ2) is 6.41. The lowest BCUT2D eigenvalue weighted by Gasteiger charge is -2.31. The highest BCUT2D eigenvalue weighted by Gasteiger charge is 2.24. The number of hydrogen-bond acceptors (Lipinski definition) is 4. The van der Waals surface area contributed by atoms with Crippen LogP contribution in [0.1, 0.15) is 0 Å². The van der Waals surface area contributed by atoms with Crippen molar-refractivity contribution in [3.63, 3.8) is 0 Å². The molecule has 0 saturated carbocycles. The average Bonchev–Trinajstić information content (AvgIpc) is 2.44. The van der Waals surface area contributed by atoms with Gasteiger partial charge >= 0.3 is 0 Å². The Morgan fingerprint density at radius 3 is 2.85 bits per heavy atom. The third-order valence-corrected chi connectivity index (χ3v) is 3.08. The Kier molecular flexibility index (Phi) is 4.61. The van der Waals surface area contributed by atoms with E-state index in [0.29, 0.717) is 19.6 Å². The number of hydrogen-bond donors (Lipinski definition) is 2. The van der Waals surface area contributed by atoms with Gasteiger partial charge in [-0.2, -0.15) is 5.26 Å². The van der Waals surface area contributed by atoms with E-state index in [9.17, 15) is 13.6 Å². The molecule has 1 heterocycles. The van der Waals surface area contributed by atoms with Crippen molar-refractivity contribution in [2.24, 2.45) is 0 Å². The minimum absolute atomic E-state index is 0.0757. The zero-order valence-electron chi connectivity index (χ0n) is 10.7. The maximum atomic E-state index is 13.4. The summed E-state index contributed by atoms with van der Waals surface area (Å²) < 4.78 is 26.8. The Balaban J connectivity index is 2.00. The van der Waals surface area contributed by atoms with Gasteiger partial charge in [-0.25, -0.2) is 8.78 Å². The van der Waals surface area contributed by atoms with E-state index in [1.807, 2.05) is 0 Å². The molecular weight excluding hydrogens is 266 g/mol. The summed E-state index contributed by atoms with van der Waals surface area (Å²) in [5.74, 6) is -2.19. The molecule has 1 aliphatic heterocycles. The summed E-state index contributed by atoms with van der Waals surface area (Å²) in [5, 5.41) is 14.2. The maximum Gasteiger partial charge on any atom is 0.238 e. The molecule has 1 aromatic rings. The number of rotatable bonds is 3. The quantitative estimate of drug-likeness (QED) is 0.855. The Hall–Kier alpha value is -2.04. The van der Waals surface area contributed by atoms with Gasteiger partial charge in [-0.15, -0.1) is 0 Å². The lowest BCUT2D eigenvalue weighted by Crippen LogP contribution is -2.52. The number of nitriles is 1. The Bertz CT molecular complexity index is 523. The molecule has 20 heavy (non-hydrogen) atoms. The van der Waals surface area contributed by atoms with E-state index in [2.05, 4.69) is 16.7 Å².